The standard InChI is InChI=1S/C23H32N2O3S/c1-4-25(5-2)29(27,28)22-16-13-21(14-17-22)15-18-23(26)24-19(3)11-12-20-9-7-6-8-10-20/h6-10,13-14,16-17,19H,4-5,11-12,15,18H2,1-3H3,(H,24,26). The summed E-state index contributed by atoms with van der Waals surface area (Å²) < 4.78 is 26.5. The quantitative estimate of drug-likeness (QED) is 0.606. The molecule has 2 rings (SSSR count). The summed E-state index contributed by atoms with van der Waals surface area (Å²) in [5.74, 6) is 0.0189. The predicted molar refractivity (Wildman–Crippen MR) is 117 cm³/mol. The minimum Gasteiger partial charge on any atom is -0.354 e. The predicted octanol–water partition coefficient (Wildman–Crippen LogP) is 3.79. The van der Waals surface area contributed by atoms with Crippen molar-refractivity contribution in [1.29, 1.82) is 0 Å². The number of amides is 1. The molecule has 0 aliphatic heterocycles. The molecule has 1 amide bonds. The summed E-state index contributed by atoms with van der Waals surface area (Å²) in [5, 5.41) is 3.04. The fourth-order valence-electron chi connectivity index (χ4n) is 3.25. The molecule has 2 aromatic rings. The molecule has 0 aromatic heterocycles. The highest BCUT2D eigenvalue weighted by Crippen LogP contribution is 2.17. The van der Waals surface area contributed by atoms with E-state index in [-0.39, 0.29) is 11.9 Å². The highest BCUT2D eigenvalue weighted by Gasteiger charge is 2.21. The number of sulfonamides is 1. The van der Waals surface area contributed by atoms with Gasteiger partial charge in [0.25, 0.3) is 0 Å². The number of hydrogen-bond donors (Lipinski definition) is 1. The molecule has 1 atom stereocenters. The van der Waals surface area contributed by atoms with Gasteiger partial charge in [-0.2, -0.15) is 4.31 Å². The van der Waals surface area contributed by atoms with Crippen molar-refractivity contribution in [1.82, 2.24) is 9.62 Å². The van der Waals surface area contributed by atoms with Gasteiger partial charge in [0, 0.05) is 25.6 Å². The van der Waals surface area contributed by atoms with Crippen LogP contribution in [-0.2, 0) is 27.7 Å². The second-order valence-corrected chi connectivity index (χ2v) is 9.16. The van der Waals surface area contributed by atoms with Gasteiger partial charge in [-0.3, -0.25) is 4.79 Å². The molecular formula is C23H32N2O3S. The van der Waals surface area contributed by atoms with E-state index >= 15 is 0 Å². The molecule has 0 bridgehead atoms. The van der Waals surface area contributed by atoms with Gasteiger partial charge >= 0.3 is 0 Å². The zero-order valence-electron chi connectivity index (χ0n) is 17.6. The van der Waals surface area contributed by atoms with E-state index in [0.29, 0.717) is 30.8 Å². The van der Waals surface area contributed by atoms with Crippen molar-refractivity contribution >= 4 is 15.9 Å². The van der Waals surface area contributed by atoms with Crippen molar-refractivity contribution in [2.45, 2.75) is 57.4 Å². The lowest BCUT2D eigenvalue weighted by molar-refractivity contribution is -0.121. The van der Waals surface area contributed by atoms with E-state index < -0.39 is 10.0 Å². The van der Waals surface area contributed by atoms with Crippen molar-refractivity contribution < 1.29 is 13.2 Å². The van der Waals surface area contributed by atoms with Crippen molar-refractivity contribution in [2.24, 2.45) is 0 Å². The van der Waals surface area contributed by atoms with Gasteiger partial charge < -0.3 is 5.32 Å². The molecule has 29 heavy (non-hydrogen) atoms. The Labute approximate surface area is 175 Å². The SMILES string of the molecule is CCN(CC)S(=O)(=O)c1ccc(CCC(=O)NC(C)CCc2ccccc2)cc1. The van der Waals surface area contributed by atoms with Crippen LogP contribution in [0.25, 0.3) is 0 Å². The number of nitrogens with zero attached hydrogens (tertiary/aromatic N) is 1. The maximum atomic E-state index is 12.5. The van der Waals surface area contributed by atoms with E-state index in [9.17, 15) is 13.2 Å². The first-order valence-electron chi connectivity index (χ1n) is 10.3. The van der Waals surface area contributed by atoms with Gasteiger partial charge in [0.2, 0.25) is 15.9 Å². The van der Waals surface area contributed by atoms with Crippen molar-refractivity contribution in [3.05, 3.63) is 65.7 Å². The van der Waals surface area contributed by atoms with Gasteiger partial charge in [0.1, 0.15) is 0 Å². The summed E-state index contributed by atoms with van der Waals surface area (Å²) in [5.41, 5.74) is 2.23. The Morgan fingerprint density at radius 3 is 2.10 bits per heavy atom. The van der Waals surface area contributed by atoms with Crippen LogP contribution in [0.4, 0.5) is 0 Å². The topological polar surface area (TPSA) is 66.5 Å². The average Bonchev–Trinajstić information content (AvgIpc) is 2.72. The molecular weight excluding hydrogens is 384 g/mol. The van der Waals surface area contributed by atoms with E-state index in [4.69, 9.17) is 0 Å². The van der Waals surface area contributed by atoms with E-state index in [2.05, 4.69) is 17.4 Å². The first-order valence-corrected chi connectivity index (χ1v) is 11.7. The van der Waals surface area contributed by atoms with Gasteiger partial charge in [-0.25, -0.2) is 8.42 Å². The third-order valence-electron chi connectivity index (χ3n) is 5.02. The number of nitrogens with one attached hydrogen (secondary N) is 1. The molecule has 0 aliphatic carbocycles. The van der Waals surface area contributed by atoms with Gasteiger partial charge in [0.05, 0.1) is 4.90 Å². The number of hydrogen-bond acceptors (Lipinski definition) is 3. The van der Waals surface area contributed by atoms with Crippen LogP contribution < -0.4 is 5.32 Å². The summed E-state index contributed by atoms with van der Waals surface area (Å²) in [6.07, 6.45) is 2.80. The van der Waals surface area contributed by atoms with Gasteiger partial charge in [-0.1, -0.05) is 56.3 Å². The summed E-state index contributed by atoms with van der Waals surface area (Å²) in [7, 11) is -3.44. The lowest BCUT2D eigenvalue weighted by Crippen LogP contribution is -2.33. The highest BCUT2D eigenvalue weighted by molar-refractivity contribution is 7.89. The first-order chi connectivity index (χ1) is 13.9. The van der Waals surface area contributed by atoms with Crippen LogP contribution in [-0.4, -0.2) is 37.8 Å². The molecule has 0 heterocycles. The Hall–Kier alpha value is -2.18. The maximum absolute atomic E-state index is 12.5. The summed E-state index contributed by atoms with van der Waals surface area (Å²) in [6.45, 7) is 6.57. The van der Waals surface area contributed by atoms with Crippen LogP contribution in [0.15, 0.2) is 59.5 Å². The minimum absolute atomic E-state index is 0.0189. The first kappa shape index (κ1) is 23.1. The molecule has 0 radical (unpaired) electrons. The Bertz CT molecular complexity index is 861. The lowest BCUT2D eigenvalue weighted by Gasteiger charge is -2.18. The third kappa shape index (κ3) is 6.98. The molecule has 2 aromatic carbocycles. The van der Waals surface area contributed by atoms with Crippen molar-refractivity contribution in [2.75, 3.05) is 13.1 Å². The number of carbonyl (C=O) groups is 1. The van der Waals surface area contributed by atoms with E-state index in [0.717, 1.165) is 18.4 Å². The normalized spacial score (nSPS) is 12.7. The zero-order valence-corrected chi connectivity index (χ0v) is 18.4. The van der Waals surface area contributed by atoms with Crippen molar-refractivity contribution in [3.8, 4) is 0 Å². The van der Waals surface area contributed by atoms with E-state index in [1.807, 2.05) is 39.0 Å². The van der Waals surface area contributed by atoms with E-state index in [1.54, 1.807) is 24.3 Å². The second-order valence-electron chi connectivity index (χ2n) is 7.23. The number of benzene rings is 2. The monoisotopic (exact) mass is 416 g/mol. The fraction of sp³-hybridized carbons (Fsp3) is 0.435. The molecule has 0 aliphatic rings. The molecule has 0 fully saturated rings. The van der Waals surface area contributed by atoms with Gasteiger partial charge in [-0.05, 0) is 49.4 Å². The largest absolute Gasteiger partial charge is 0.354 e. The lowest BCUT2D eigenvalue weighted by atomic mass is 10.1. The molecule has 1 N–H and O–H groups in total. The molecule has 5 nitrogen and oxygen atoms in total. The number of carbonyl (C=O) groups excluding carboxylic acids is 1. The van der Waals surface area contributed by atoms with Crippen LogP contribution in [0.2, 0.25) is 0 Å². The van der Waals surface area contributed by atoms with Crippen LogP contribution in [0.3, 0.4) is 0 Å². The molecule has 0 spiro atoms. The molecule has 0 saturated heterocycles. The van der Waals surface area contributed by atoms with Crippen LogP contribution >= 0.6 is 0 Å². The fourth-order valence-corrected chi connectivity index (χ4v) is 4.70. The Morgan fingerprint density at radius 2 is 1.52 bits per heavy atom. The van der Waals surface area contributed by atoms with E-state index in [1.165, 1.54) is 9.87 Å². The van der Waals surface area contributed by atoms with Crippen LogP contribution in [0.5, 0.6) is 0 Å². The van der Waals surface area contributed by atoms with Crippen molar-refractivity contribution in [3.63, 3.8) is 0 Å². The highest BCUT2D eigenvalue weighted by atomic mass is 32.2. The van der Waals surface area contributed by atoms with Crippen LogP contribution in [0.1, 0.15) is 44.7 Å². The zero-order chi connectivity index (χ0) is 21.3. The average molecular weight is 417 g/mol. The summed E-state index contributed by atoms with van der Waals surface area (Å²) in [4.78, 5) is 12.5. The van der Waals surface area contributed by atoms with Gasteiger partial charge in [0.15, 0.2) is 0 Å². The molecule has 1 unspecified atom stereocenters. The summed E-state index contributed by atoms with van der Waals surface area (Å²) >= 11 is 0. The number of aryl methyl sites for hydroxylation is 2. The molecule has 0 saturated carbocycles. The number of rotatable bonds is 11. The Balaban J connectivity index is 1.81. The summed E-state index contributed by atoms with van der Waals surface area (Å²) in [6, 6.07) is 17.2. The third-order valence-corrected chi connectivity index (χ3v) is 7.09. The molecule has 158 valence electrons. The van der Waals surface area contributed by atoms with Gasteiger partial charge in [-0.15, -0.1) is 0 Å². The molecule has 6 heteroatoms. The smallest absolute Gasteiger partial charge is 0.243 e. The Morgan fingerprint density at radius 1 is 0.931 bits per heavy atom. The Kier molecular flexibility index (Phi) is 8.86. The minimum atomic E-state index is -3.44. The second kappa shape index (κ2) is 11.1. The maximum Gasteiger partial charge on any atom is 0.243 e. The van der Waals surface area contributed by atoms with Crippen LogP contribution in [0, 0.1) is 0 Å².